The summed E-state index contributed by atoms with van der Waals surface area (Å²) in [5, 5.41) is 1.55. The first-order valence-corrected chi connectivity index (χ1v) is 10.1. The first-order chi connectivity index (χ1) is 10.8. The highest BCUT2D eigenvalue weighted by Crippen LogP contribution is 2.40. The maximum Gasteiger partial charge on any atom is 0.0986 e. The topological polar surface area (TPSA) is 20.2 Å². The Morgan fingerprint density at radius 3 is 3.09 bits per heavy atom. The molecule has 1 aromatic carbocycles. The molecule has 0 amide bonds. The first-order valence-electron chi connectivity index (χ1n) is 8.74. The SMILES string of the molecule is CCC[NH+]1C[C@H](CSC)C[C@H]2c3cccc4[nH]cc(c34)C[C@@H]21. The molecule has 2 heterocycles. The van der Waals surface area contributed by atoms with E-state index in [0.717, 1.165) is 17.9 Å². The van der Waals surface area contributed by atoms with Gasteiger partial charge in [0.05, 0.1) is 19.1 Å². The van der Waals surface area contributed by atoms with Crippen LogP contribution in [0.15, 0.2) is 24.4 Å². The summed E-state index contributed by atoms with van der Waals surface area (Å²) in [5.74, 6) is 2.97. The molecule has 0 saturated carbocycles. The van der Waals surface area contributed by atoms with Crippen molar-refractivity contribution in [3.05, 3.63) is 35.5 Å². The van der Waals surface area contributed by atoms with Gasteiger partial charge in [0, 0.05) is 41.1 Å². The Balaban J connectivity index is 1.75. The zero-order chi connectivity index (χ0) is 15.1. The van der Waals surface area contributed by atoms with E-state index in [1.807, 2.05) is 16.7 Å². The van der Waals surface area contributed by atoms with Crippen molar-refractivity contribution in [3.8, 4) is 0 Å². The molecule has 118 valence electrons. The second-order valence-electron chi connectivity index (χ2n) is 7.17. The van der Waals surface area contributed by atoms with Gasteiger partial charge in [-0.25, -0.2) is 0 Å². The fraction of sp³-hybridized carbons (Fsp3) is 0.579. The van der Waals surface area contributed by atoms with Crippen molar-refractivity contribution in [1.82, 2.24) is 4.98 Å². The van der Waals surface area contributed by atoms with Crippen LogP contribution in [0.3, 0.4) is 0 Å². The van der Waals surface area contributed by atoms with Gasteiger partial charge >= 0.3 is 0 Å². The van der Waals surface area contributed by atoms with Gasteiger partial charge in [-0.2, -0.15) is 11.8 Å². The number of aromatic nitrogens is 1. The monoisotopic (exact) mass is 315 g/mol. The summed E-state index contributed by atoms with van der Waals surface area (Å²) < 4.78 is 0. The quantitative estimate of drug-likeness (QED) is 0.889. The number of nitrogens with one attached hydrogen (secondary N) is 2. The average Bonchev–Trinajstić information content (AvgIpc) is 2.94. The van der Waals surface area contributed by atoms with E-state index >= 15 is 0 Å². The molecule has 1 unspecified atom stereocenters. The molecule has 0 spiro atoms. The minimum Gasteiger partial charge on any atom is -0.361 e. The fourth-order valence-electron chi connectivity index (χ4n) is 5.01. The number of likely N-dealkylation sites (tertiary alicyclic amines) is 1. The van der Waals surface area contributed by atoms with Gasteiger partial charge in [0.2, 0.25) is 0 Å². The predicted octanol–water partition coefficient (Wildman–Crippen LogP) is 2.85. The molecule has 2 aromatic rings. The molecule has 1 saturated heterocycles. The molecule has 4 atom stereocenters. The van der Waals surface area contributed by atoms with Gasteiger partial charge in [0.1, 0.15) is 0 Å². The fourth-order valence-corrected chi connectivity index (χ4v) is 5.73. The third-order valence-electron chi connectivity index (χ3n) is 5.78. The number of fused-ring (bicyclic) bond motifs is 2. The van der Waals surface area contributed by atoms with E-state index in [9.17, 15) is 0 Å². The summed E-state index contributed by atoms with van der Waals surface area (Å²) in [6.45, 7) is 5.05. The molecule has 3 heteroatoms. The number of quaternary nitrogens is 1. The van der Waals surface area contributed by atoms with Gasteiger partial charge in [-0.15, -0.1) is 0 Å². The molecule has 1 aromatic heterocycles. The lowest BCUT2D eigenvalue weighted by Crippen LogP contribution is -3.18. The number of piperidine rings is 1. The van der Waals surface area contributed by atoms with Crippen molar-refractivity contribution < 1.29 is 4.90 Å². The number of aromatic amines is 1. The molecule has 1 aliphatic carbocycles. The maximum atomic E-state index is 3.50. The van der Waals surface area contributed by atoms with Gasteiger partial charge in [0.15, 0.2) is 0 Å². The van der Waals surface area contributed by atoms with Crippen LogP contribution >= 0.6 is 11.8 Å². The smallest absolute Gasteiger partial charge is 0.0986 e. The number of H-pyrrole nitrogens is 1. The van der Waals surface area contributed by atoms with E-state index < -0.39 is 0 Å². The number of rotatable bonds is 4. The maximum absolute atomic E-state index is 3.50. The van der Waals surface area contributed by atoms with Crippen LogP contribution in [-0.4, -0.2) is 36.1 Å². The molecule has 2 nitrogen and oxygen atoms in total. The van der Waals surface area contributed by atoms with Crippen molar-refractivity contribution in [2.75, 3.05) is 25.1 Å². The molecule has 2 N–H and O–H groups in total. The van der Waals surface area contributed by atoms with Crippen LogP contribution in [0.2, 0.25) is 0 Å². The van der Waals surface area contributed by atoms with Crippen LogP contribution in [0.5, 0.6) is 0 Å². The van der Waals surface area contributed by atoms with Crippen LogP contribution in [-0.2, 0) is 6.42 Å². The number of thioether (sulfide) groups is 1. The van der Waals surface area contributed by atoms with Gasteiger partial charge in [-0.05, 0) is 36.3 Å². The van der Waals surface area contributed by atoms with Crippen molar-refractivity contribution in [2.45, 2.75) is 38.1 Å². The zero-order valence-electron chi connectivity index (χ0n) is 13.7. The van der Waals surface area contributed by atoms with Crippen LogP contribution < -0.4 is 4.90 Å². The van der Waals surface area contributed by atoms with E-state index in [4.69, 9.17) is 0 Å². The Hall–Kier alpha value is -0.930. The minimum atomic E-state index is 0.763. The lowest BCUT2D eigenvalue weighted by atomic mass is 9.72. The minimum absolute atomic E-state index is 0.763. The largest absolute Gasteiger partial charge is 0.361 e. The summed E-state index contributed by atoms with van der Waals surface area (Å²) >= 11 is 2.03. The summed E-state index contributed by atoms with van der Waals surface area (Å²) in [7, 11) is 0. The molecule has 22 heavy (non-hydrogen) atoms. The van der Waals surface area contributed by atoms with E-state index in [0.29, 0.717) is 0 Å². The Kier molecular flexibility index (Phi) is 3.95. The Morgan fingerprint density at radius 1 is 1.36 bits per heavy atom. The third-order valence-corrected chi connectivity index (χ3v) is 6.59. The Bertz CT molecular complexity index is 662. The molecule has 1 aliphatic heterocycles. The van der Waals surface area contributed by atoms with Crippen LogP contribution in [0.25, 0.3) is 10.9 Å². The van der Waals surface area contributed by atoms with Crippen LogP contribution in [0.4, 0.5) is 0 Å². The van der Waals surface area contributed by atoms with E-state index in [1.165, 1.54) is 43.6 Å². The highest BCUT2D eigenvalue weighted by atomic mass is 32.2. The van der Waals surface area contributed by atoms with E-state index in [1.54, 1.807) is 16.5 Å². The standard InChI is InChI=1S/C19H26N2S/c1-3-7-21-11-13(12-22-2)8-16-15-5-4-6-17-19(15)14(10-20-17)9-18(16)21/h4-6,10,13,16,18,20H,3,7-9,11-12H2,1-2H3/p+1/t13-,16+,18+/m1/s1. The molecule has 0 bridgehead atoms. The van der Waals surface area contributed by atoms with Crippen LogP contribution in [0.1, 0.15) is 36.8 Å². The zero-order valence-corrected chi connectivity index (χ0v) is 14.5. The van der Waals surface area contributed by atoms with Crippen molar-refractivity contribution in [3.63, 3.8) is 0 Å². The molecule has 0 radical (unpaired) electrons. The summed E-state index contributed by atoms with van der Waals surface area (Å²) in [6.07, 6.45) is 8.49. The highest BCUT2D eigenvalue weighted by molar-refractivity contribution is 7.98. The van der Waals surface area contributed by atoms with Gasteiger partial charge in [0.25, 0.3) is 0 Å². The highest BCUT2D eigenvalue weighted by Gasteiger charge is 2.43. The second-order valence-corrected chi connectivity index (χ2v) is 8.08. The summed E-state index contributed by atoms with van der Waals surface area (Å²) in [5.41, 5.74) is 4.53. The van der Waals surface area contributed by atoms with Gasteiger partial charge in [-0.3, -0.25) is 0 Å². The lowest BCUT2D eigenvalue weighted by Gasteiger charge is -2.44. The second kappa shape index (κ2) is 5.93. The molecule has 1 fully saturated rings. The van der Waals surface area contributed by atoms with Crippen molar-refractivity contribution >= 4 is 22.7 Å². The number of benzene rings is 1. The molecule has 4 rings (SSSR count). The lowest BCUT2D eigenvalue weighted by molar-refractivity contribution is -0.935. The van der Waals surface area contributed by atoms with Crippen LogP contribution in [0, 0.1) is 5.92 Å². The molecular weight excluding hydrogens is 288 g/mol. The number of hydrogen-bond donors (Lipinski definition) is 2. The molecule has 2 aliphatic rings. The van der Waals surface area contributed by atoms with Gasteiger partial charge < -0.3 is 9.88 Å². The summed E-state index contributed by atoms with van der Waals surface area (Å²) in [4.78, 5) is 5.36. The predicted molar refractivity (Wildman–Crippen MR) is 96.0 cm³/mol. The van der Waals surface area contributed by atoms with Gasteiger partial charge in [-0.1, -0.05) is 19.1 Å². The van der Waals surface area contributed by atoms with Crippen molar-refractivity contribution in [2.24, 2.45) is 5.92 Å². The number of hydrogen-bond acceptors (Lipinski definition) is 1. The molecular formula is C19H27N2S+. The average molecular weight is 316 g/mol. The first kappa shape index (κ1) is 14.6. The Labute approximate surface area is 137 Å². The van der Waals surface area contributed by atoms with E-state index in [2.05, 4.69) is 42.6 Å². The van der Waals surface area contributed by atoms with E-state index in [-0.39, 0.29) is 0 Å². The van der Waals surface area contributed by atoms with Crippen molar-refractivity contribution in [1.29, 1.82) is 0 Å². The third kappa shape index (κ3) is 2.30. The summed E-state index contributed by atoms with van der Waals surface area (Å²) in [6, 6.07) is 7.69. The Morgan fingerprint density at radius 2 is 2.27 bits per heavy atom. The normalized spacial score (nSPS) is 30.5.